The van der Waals surface area contributed by atoms with Crippen LogP contribution in [-0.2, 0) is 0 Å². The topological polar surface area (TPSA) is 12.0 Å². The van der Waals surface area contributed by atoms with Gasteiger partial charge < -0.3 is 5.32 Å². The summed E-state index contributed by atoms with van der Waals surface area (Å²) in [5, 5.41) is 3.29. The molecule has 0 saturated heterocycles. The van der Waals surface area contributed by atoms with Gasteiger partial charge in [0.15, 0.2) is 0 Å². The monoisotopic (exact) mass is 199 g/mol. The van der Waals surface area contributed by atoms with Crippen molar-refractivity contribution in [2.45, 2.75) is 13.0 Å². The van der Waals surface area contributed by atoms with Crippen molar-refractivity contribution >= 4 is 17.3 Å². The molecule has 0 amide bonds. The minimum atomic E-state index is -0.346. The van der Waals surface area contributed by atoms with Crippen LogP contribution in [0.2, 0.25) is 5.02 Å². The van der Waals surface area contributed by atoms with Gasteiger partial charge in [-0.3, -0.25) is 0 Å². The van der Waals surface area contributed by atoms with E-state index in [0.29, 0.717) is 10.7 Å². The van der Waals surface area contributed by atoms with Crippen LogP contribution in [0.4, 0.5) is 10.1 Å². The van der Waals surface area contributed by atoms with Crippen LogP contribution in [0, 0.1) is 5.82 Å². The lowest BCUT2D eigenvalue weighted by molar-refractivity contribution is 0.629. The van der Waals surface area contributed by atoms with Gasteiger partial charge in [0.05, 0.1) is 10.7 Å². The summed E-state index contributed by atoms with van der Waals surface area (Å²) in [6.45, 7) is 5.46. The summed E-state index contributed by atoms with van der Waals surface area (Å²) in [6, 6.07) is 4.57. The molecule has 3 heteroatoms. The van der Waals surface area contributed by atoms with Crippen LogP contribution in [0.1, 0.15) is 6.92 Å². The molecule has 13 heavy (non-hydrogen) atoms. The number of benzene rings is 1. The lowest BCUT2D eigenvalue weighted by Gasteiger charge is -2.12. The number of rotatable bonds is 3. The molecule has 1 atom stereocenters. The van der Waals surface area contributed by atoms with Gasteiger partial charge in [-0.05, 0) is 19.1 Å². The van der Waals surface area contributed by atoms with Crippen molar-refractivity contribution in [3.63, 3.8) is 0 Å². The lowest BCUT2D eigenvalue weighted by Crippen LogP contribution is -2.12. The molecule has 1 rings (SSSR count). The molecule has 1 N–H and O–H groups in total. The van der Waals surface area contributed by atoms with E-state index in [4.69, 9.17) is 11.6 Å². The van der Waals surface area contributed by atoms with Crippen molar-refractivity contribution < 1.29 is 4.39 Å². The first kappa shape index (κ1) is 10.1. The minimum Gasteiger partial charge on any atom is -0.376 e. The molecule has 0 radical (unpaired) electrons. The fraction of sp³-hybridized carbons (Fsp3) is 0.200. The molecular weight excluding hydrogens is 189 g/mol. The van der Waals surface area contributed by atoms with E-state index in [9.17, 15) is 4.39 Å². The summed E-state index contributed by atoms with van der Waals surface area (Å²) in [7, 11) is 0. The second kappa shape index (κ2) is 4.28. The molecular formula is C10H11ClFN. The molecule has 0 bridgehead atoms. The Hall–Kier alpha value is -1.02. The Labute approximate surface area is 82.2 Å². The molecule has 0 aromatic heterocycles. The van der Waals surface area contributed by atoms with Crippen molar-refractivity contribution in [3.05, 3.63) is 41.7 Å². The van der Waals surface area contributed by atoms with E-state index in [-0.39, 0.29) is 11.9 Å². The fourth-order valence-electron chi connectivity index (χ4n) is 0.922. The summed E-state index contributed by atoms with van der Waals surface area (Å²) >= 11 is 5.79. The normalized spacial score (nSPS) is 12.2. The number of hydrogen-bond donors (Lipinski definition) is 1. The third-order valence-corrected chi connectivity index (χ3v) is 2.00. The predicted octanol–water partition coefficient (Wildman–Crippen LogP) is 3.47. The molecule has 0 heterocycles. The first-order valence-corrected chi connectivity index (χ1v) is 4.36. The highest BCUT2D eigenvalue weighted by Crippen LogP contribution is 2.25. The molecule has 1 aromatic rings. The maximum atomic E-state index is 13.2. The van der Waals surface area contributed by atoms with Crippen LogP contribution in [0.15, 0.2) is 30.9 Å². The van der Waals surface area contributed by atoms with Crippen LogP contribution in [-0.4, -0.2) is 6.04 Å². The van der Waals surface area contributed by atoms with Crippen molar-refractivity contribution in [2.75, 3.05) is 5.32 Å². The largest absolute Gasteiger partial charge is 0.376 e. The van der Waals surface area contributed by atoms with Crippen molar-refractivity contribution in [3.8, 4) is 0 Å². The molecule has 0 spiro atoms. The quantitative estimate of drug-likeness (QED) is 0.736. The second-order valence-corrected chi connectivity index (χ2v) is 3.17. The maximum Gasteiger partial charge on any atom is 0.147 e. The first-order chi connectivity index (χ1) is 6.15. The van der Waals surface area contributed by atoms with Gasteiger partial charge in [-0.25, -0.2) is 4.39 Å². The van der Waals surface area contributed by atoms with E-state index in [1.165, 1.54) is 6.07 Å². The highest BCUT2D eigenvalue weighted by molar-refractivity contribution is 6.33. The second-order valence-electron chi connectivity index (χ2n) is 2.77. The number of halogens is 2. The van der Waals surface area contributed by atoms with Gasteiger partial charge in [0.25, 0.3) is 0 Å². The third kappa shape index (κ3) is 2.46. The summed E-state index contributed by atoms with van der Waals surface area (Å²) in [6.07, 6.45) is 1.68. The van der Waals surface area contributed by atoms with Gasteiger partial charge in [0.2, 0.25) is 0 Å². The standard InChI is InChI=1S/C10H11ClFN/c1-3-7(2)13-10-8(11)5-4-6-9(10)12/h3-7,13H,1H2,2H3. The Morgan fingerprint density at radius 3 is 2.85 bits per heavy atom. The van der Waals surface area contributed by atoms with Gasteiger partial charge in [-0.2, -0.15) is 0 Å². The molecule has 0 aliphatic carbocycles. The average Bonchev–Trinajstić information content (AvgIpc) is 2.11. The molecule has 1 nitrogen and oxygen atoms in total. The van der Waals surface area contributed by atoms with Crippen LogP contribution in [0.3, 0.4) is 0 Å². The molecule has 1 aromatic carbocycles. The van der Waals surface area contributed by atoms with Crippen molar-refractivity contribution in [1.82, 2.24) is 0 Å². The minimum absolute atomic E-state index is 0.00519. The number of hydrogen-bond acceptors (Lipinski definition) is 1. The summed E-state index contributed by atoms with van der Waals surface area (Å²) in [5.74, 6) is -0.346. The Morgan fingerprint density at radius 2 is 2.31 bits per heavy atom. The summed E-state index contributed by atoms with van der Waals surface area (Å²) < 4.78 is 13.2. The van der Waals surface area contributed by atoms with Crippen molar-refractivity contribution in [1.29, 1.82) is 0 Å². The Bertz CT molecular complexity index is 292. The smallest absolute Gasteiger partial charge is 0.147 e. The Balaban J connectivity index is 2.93. The van der Waals surface area contributed by atoms with E-state index in [1.54, 1.807) is 18.2 Å². The molecule has 0 aliphatic heterocycles. The number of nitrogens with one attached hydrogen (secondary N) is 1. The van der Waals surface area contributed by atoms with Gasteiger partial charge in [0.1, 0.15) is 5.82 Å². The predicted molar refractivity (Wildman–Crippen MR) is 54.7 cm³/mol. The molecule has 70 valence electrons. The van der Waals surface area contributed by atoms with Crippen LogP contribution in [0.5, 0.6) is 0 Å². The SMILES string of the molecule is C=CC(C)Nc1c(F)cccc1Cl. The van der Waals surface area contributed by atoms with Gasteiger partial charge in [0, 0.05) is 6.04 Å². The van der Waals surface area contributed by atoms with Crippen LogP contribution < -0.4 is 5.32 Å². The van der Waals surface area contributed by atoms with E-state index in [2.05, 4.69) is 11.9 Å². The van der Waals surface area contributed by atoms with E-state index < -0.39 is 0 Å². The highest BCUT2D eigenvalue weighted by atomic mass is 35.5. The molecule has 0 aliphatic rings. The highest BCUT2D eigenvalue weighted by Gasteiger charge is 2.07. The molecule has 1 unspecified atom stereocenters. The third-order valence-electron chi connectivity index (χ3n) is 1.69. The maximum absolute atomic E-state index is 13.2. The average molecular weight is 200 g/mol. The Kier molecular flexibility index (Phi) is 3.32. The Morgan fingerprint density at radius 1 is 1.62 bits per heavy atom. The fourth-order valence-corrected chi connectivity index (χ4v) is 1.14. The van der Waals surface area contributed by atoms with E-state index in [1.807, 2.05) is 6.92 Å². The zero-order chi connectivity index (χ0) is 9.84. The number of para-hydroxylation sites is 1. The summed E-state index contributed by atoms with van der Waals surface area (Å²) in [5.41, 5.74) is 0.330. The van der Waals surface area contributed by atoms with Crippen molar-refractivity contribution in [2.24, 2.45) is 0 Å². The number of anilines is 1. The van der Waals surface area contributed by atoms with Crippen LogP contribution >= 0.6 is 11.6 Å². The van der Waals surface area contributed by atoms with Gasteiger partial charge in [-0.1, -0.05) is 23.7 Å². The van der Waals surface area contributed by atoms with Crippen LogP contribution in [0.25, 0.3) is 0 Å². The van der Waals surface area contributed by atoms with E-state index in [0.717, 1.165) is 0 Å². The van der Waals surface area contributed by atoms with E-state index >= 15 is 0 Å². The summed E-state index contributed by atoms with van der Waals surface area (Å²) in [4.78, 5) is 0. The zero-order valence-corrected chi connectivity index (χ0v) is 8.11. The molecule has 0 fully saturated rings. The van der Waals surface area contributed by atoms with Gasteiger partial charge in [-0.15, -0.1) is 6.58 Å². The zero-order valence-electron chi connectivity index (χ0n) is 7.35. The lowest BCUT2D eigenvalue weighted by atomic mass is 10.2. The molecule has 0 saturated carbocycles. The van der Waals surface area contributed by atoms with Gasteiger partial charge >= 0.3 is 0 Å². The first-order valence-electron chi connectivity index (χ1n) is 3.98.